The Labute approximate surface area is 126 Å². The largest absolute Gasteiger partial charge is 0.350 e. The molecule has 3 saturated carbocycles. The first-order valence-electron chi connectivity index (χ1n) is 8.67. The van der Waals surface area contributed by atoms with Gasteiger partial charge in [0.2, 0.25) is 5.91 Å². The zero-order valence-electron chi connectivity index (χ0n) is 12.7. The summed E-state index contributed by atoms with van der Waals surface area (Å²) >= 11 is 0. The molecule has 0 atom stereocenters. The van der Waals surface area contributed by atoms with Gasteiger partial charge in [0.15, 0.2) is 0 Å². The van der Waals surface area contributed by atoms with E-state index in [0.717, 1.165) is 24.5 Å². The Bertz CT molecular complexity index is 522. The fraction of sp³-hybridized carbons (Fsp3) is 0.765. The number of amides is 1. The fourth-order valence-corrected chi connectivity index (χ4v) is 3.67. The van der Waals surface area contributed by atoms with E-state index in [0.29, 0.717) is 12.6 Å². The zero-order valence-corrected chi connectivity index (χ0v) is 12.7. The molecule has 0 saturated heterocycles. The van der Waals surface area contributed by atoms with Crippen LogP contribution < -0.4 is 5.32 Å². The predicted molar refractivity (Wildman–Crippen MR) is 80.9 cm³/mol. The third kappa shape index (κ3) is 2.72. The van der Waals surface area contributed by atoms with E-state index in [2.05, 4.69) is 16.1 Å². The van der Waals surface area contributed by atoms with Crippen molar-refractivity contribution in [2.45, 2.75) is 76.3 Å². The molecule has 0 spiro atoms. The molecule has 0 radical (unpaired) electrons. The lowest BCUT2D eigenvalue weighted by atomic mass is 9.85. The summed E-state index contributed by atoms with van der Waals surface area (Å²) in [5, 5.41) is 7.91. The second kappa shape index (κ2) is 5.47. The Morgan fingerprint density at radius 3 is 2.52 bits per heavy atom. The van der Waals surface area contributed by atoms with Crippen LogP contribution in [0.1, 0.15) is 81.1 Å². The van der Waals surface area contributed by atoms with Crippen molar-refractivity contribution >= 4 is 5.91 Å². The molecule has 0 aliphatic heterocycles. The standard InChI is InChI=1S/C17H25N3O/c21-17(13-4-3-5-13)18-11-14-10-16(12-8-9-12)20(19-14)15-6-1-2-7-15/h10,12-13,15H,1-9,11H2,(H,18,21). The molecule has 3 fully saturated rings. The van der Waals surface area contributed by atoms with Crippen molar-refractivity contribution in [3.05, 3.63) is 17.5 Å². The van der Waals surface area contributed by atoms with E-state index in [1.54, 1.807) is 0 Å². The molecule has 1 aromatic heterocycles. The minimum absolute atomic E-state index is 0.227. The Morgan fingerprint density at radius 2 is 1.90 bits per heavy atom. The Hall–Kier alpha value is -1.32. The van der Waals surface area contributed by atoms with Gasteiger partial charge in [-0.1, -0.05) is 19.3 Å². The molecule has 4 rings (SSSR count). The molecular weight excluding hydrogens is 262 g/mol. The Kier molecular flexibility index (Phi) is 3.48. The van der Waals surface area contributed by atoms with Crippen molar-refractivity contribution in [3.63, 3.8) is 0 Å². The fourth-order valence-electron chi connectivity index (χ4n) is 3.67. The monoisotopic (exact) mass is 287 g/mol. The molecule has 3 aliphatic carbocycles. The second-order valence-electron chi connectivity index (χ2n) is 7.06. The van der Waals surface area contributed by atoms with Gasteiger partial charge in [-0.25, -0.2) is 0 Å². The molecule has 4 heteroatoms. The van der Waals surface area contributed by atoms with Gasteiger partial charge in [-0.3, -0.25) is 9.48 Å². The van der Waals surface area contributed by atoms with Crippen molar-refractivity contribution in [1.29, 1.82) is 0 Å². The van der Waals surface area contributed by atoms with Gasteiger partial charge in [0.25, 0.3) is 0 Å². The van der Waals surface area contributed by atoms with Crippen LogP contribution in [0.25, 0.3) is 0 Å². The van der Waals surface area contributed by atoms with Gasteiger partial charge in [-0.15, -0.1) is 0 Å². The summed E-state index contributed by atoms with van der Waals surface area (Å²) in [5.74, 6) is 1.23. The maximum atomic E-state index is 11.9. The minimum Gasteiger partial charge on any atom is -0.350 e. The first-order chi connectivity index (χ1) is 10.3. The van der Waals surface area contributed by atoms with Crippen LogP contribution in [-0.2, 0) is 11.3 Å². The Morgan fingerprint density at radius 1 is 1.14 bits per heavy atom. The summed E-state index contributed by atoms with van der Waals surface area (Å²) in [4.78, 5) is 11.9. The van der Waals surface area contributed by atoms with Gasteiger partial charge in [-0.05, 0) is 44.6 Å². The smallest absolute Gasteiger partial charge is 0.223 e. The lowest BCUT2D eigenvalue weighted by Crippen LogP contribution is -2.34. The molecule has 1 N–H and O–H groups in total. The Balaban J connectivity index is 1.44. The van der Waals surface area contributed by atoms with Gasteiger partial charge in [0.1, 0.15) is 0 Å². The molecule has 1 heterocycles. The maximum Gasteiger partial charge on any atom is 0.223 e. The molecule has 3 aliphatic rings. The first kappa shape index (κ1) is 13.4. The normalized spacial score (nSPS) is 23.2. The van der Waals surface area contributed by atoms with E-state index in [1.165, 1.54) is 50.6 Å². The second-order valence-corrected chi connectivity index (χ2v) is 7.06. The molecule has 4 nitrogen and oxygen atoms in total. The predicted octanol–water partition coefficient (Wildman–Crippen LogP) is 3.29. The van der Waals surface area contributed by atoms with Crippen molar-refractivity contribution < 1.29 is 4.79 Å². The van der Waals surface area contributed by atoms with E-state index < -0.39 is 0 Å². The number of carbonyl (C=O) groups is 1. The highest BCUT2D eigenvalue weighted by Crippen LogP contribution is 2.43. The van der Waals surface area contributed by atoms with Gasteiger partial charge >= 0.3 is 0 Å². The number of carbonyl (C=O) groups excluding carboxylic acids is 1. The van der Waals surface area contributed by atoms with Crippen LogP contribution in [0, 0.1) is 5.92 Å². The van der Waals surface area contributed by atoms with Crippen LogP contribution in [0.2, 0.25) is 0 Å². The number of aromatic nitrogens is 2. The molecule has 0 bridgehead atoms. The minimum atomic E-state index is 0.227. The maximum absolute atomic E-state index is 11.9. The number of nitrogens with one attached hydrogen (secondary N) is 1. The average Bonchev–Trinajstić information content (AvgIpc) is 2.97. The van der Waals surface area contributed by atoms with Crippen LogP contribution in [0.3, 0.4) is 0 Å². The molecule has 0 unspecified atom stereocenters. The van der Waals surface area contributed by atoms with Gasteiger partial charge < -0.3 is 5.32 Å². The summed E-state index contributed by atoms with van der Waals surface area (Å²) in [7, 11) is 0. The van der Waals surface area contributed by atoms with Gasteiger partial charge in [0, 0.05) is 17.5 Å². The van der Waals surface area contributed by atoms with E-state index in [1.807, 2.05) is 0 Å². The SMILES string of the molecule is O=C(NCc1cc(C2CC2)n(C2CCCC2)n1)C1CCC1. The lowest BCUT2D eigenvalue weighted by molar-refractivity contribution is -0.127. The molecule has 21 heavy (non-hydrogen) atoms. The highest BCUT2D eigenvalue weighted by Gasteiger charge is 2.31. The summed E-state index contributed by atoms with van der Waals surface area (Å²) < 4.78 is 2.30. The highest BCUT2D eigenvalue weighted by atomic mass is 16.1. The molecule has 0 aromatic carbocycles. The third-order valence-electron chi connectivity index (χ3n) is 5.40. The quantitative estimate of drug-likeness (QED) is 0.903. The third-order valence-corrected chi connectivity index (χ3v) is 5.40. The summed E-state index contributed by atoms with van der Waals surface area (Å²) in [6, 6.07) is 2.86. The van der Waals surface area contributed by atoms with E-state index in [9.17, 15) is 4.79 Å². The average molecular weight is 287 g/mol. The first-order valence-corrected chi connectivity index (χ1v) is 8.67. The van der Waals surface area contributed by atoms with Crippen LogP contribution in [-0.4, -0.2) is 15.7 Å². The van der Waals surface area contributed by atoms with Crippen LogP contribution in [0.4, 0.5) is 0 Å². The number of hydrogen-bond donors (Lipinski definition) is 1. The van der Waals surface area contributed by atoms with Crippen LogP contribution >= 0.6 is 0 Å². The van der Waals surface area contributed by atoms with Crippen molar-refractivity contribution in [3.8, 4) is 0 Å². The number of rotatable bonds is 5. The number of nitrogens with zero attached hydrogens (tertiary/aromatic N) is 2. The van der Waals surface area contributed by atoms with Crippen molar-refractivity contribution in [1.82, 2.24) is 15.1 Å². The molecule has 1 amide bonds. The summed E-state index contributed by atoms with van der Waals surface area (Å²) in [6.45, 7) is 0.606. The zero-order chi connectivity index (χ0) is 14.2. The van der Waals surface area contributed by atoms with E-state index >= 15 is 0 Å². The molecular formula is C17H25N3O. The van der Waals surface area contributed by atoms with E-state index in [4.69, 9.17) is 5.10 Å². The van der Waals surface area contributed by atoms with Crippen LogP contribution in [0.15, 0.2) is 6.07 Å². The van der Waals surface area contributed by atoms with Crippen molar-refractivity contribution in [2.75, 3.05) is 0 Å². The number of hydrogen-bond acceptors (Lipinski definition) is 2. The van der Waals surface area contributed by atoms with Gasteiger partial charge in [0.05, 0.1) is 18.3 Å². The molecule has 114 valence electrons. The summed E-state index contributed by atoms with van der Waals surface area (Å²) in [5.41, 5.74) is 2.48. The lowest BCUT2D eigenvalue weighted by Gasteiger charge is -2.23. The molecule has 1 aromatic rings. The van der Waals surface area contributed by atoms with Crippen LogP contribution in [0.5, 0.6) is 0 Å². The topological polar surface area (TPSA) is 46.9 Å². The highest BCUT2D eigenvalue weighted by molar-refractivity contribution is 5.79. The summed E-state index contributed by atoms with van der Waals surface area (Å²) in [6.07, 6.45) is 11.2. The van der Waals surface area contributed by atoms with E-state index in [-0.39, 0.29) is 11.8 Å². The van der Waals surface area contributed by atoms with Gasteiger partial charge in [-0.2, -0.15) is 5.10 Å². The van der Waals surface area contributed by atoms with Crippen molar-refractivity contribution in [2.24, 2.45) is 5.92 Å².